The summed E-state index contributed by atoms with van der Waals surface area (Å²) in [5.74, 6) is 0.267. The monoisotopic (exact) mass is 519 g/mol. The largest absolute Gasteiger partial charge is 0.497 e. The van der Waals surface area contributed by atoms with Crippen molar-refractivity contribution in [3.63, 3.8) is 0 Å². The first kappa shape index (κ1) is 25.5. The fourth-order valence-electron chi connectivity index (χ4n) is 4.06. The molecule has 1 aliphatic rings. The Morgan fingerprint density at radius 1 is 1.11 bits per heavy atom. The molecule has 11 heteroatoms. The Balaban J connectivity index is 1.63. The first-order chi connectivity index (χ1) is 16.7. The van der Waals surface area contributed by atoms with Crippen LogP contribution in [-0.2, 0) is 26.0 Å². The zero-order valence-electron chi connectivity index (χ0n) is 20.1. The minimum absolute atomic E-state index is 0.138. The van der Waals surface area contributed by atoms with Crippen LogP contribution in [0.2, 0.25) is 0 Å². The van der Waals surface area contributed by atoms with Crippen molar-refractivity contribution in [1.82, 2.24) is 8.87 Å². The Labute approximate surface area is 208 Å². The molecule has 2 atom stereocenters. The van der Waals surface area contributed by atoms with Crippen molar-refractivity contribution in [3.05, 3.63) is 52.8 Å². The number of hydrogen-bond acceptors (Lipinski definition) is 7. The SMILES string of the molecule is COCCn1c(=NC(=O)c2ccc(S(=O)(=O)N3C[C@@H](C)O[C@H](C)C3)cc2)sc2cc(OC)ccc21. The van der Waals surface area contributed by atoms with Gasteiger partial charge in [-0.2, -0.15) is 9.30 Å². The lowest BCUT2D eigenvalue weighted by Gasteiger charge is -2.34. The summed E-state index contributed by atoms with van der Waals surface area (Å²) in [6.45, 7) is 5.28. The molecule has 0 unspecified atom stereocenters. The van der Waals surface area contributed by atoms with Crippen molar-refractivity contribution in [2.24, 2.45) is 4.99 Å². The maximum atomic E-state index is 13.1. The summed E-state index contributed by atoms with van der Waals surface area (Å²) < 4.78 is 46.6. The second kappa shape index (κ2) is 10.6. The third kappa shape index (κ3) is 5.49. The van der Waals surface area contributed by atoms with Gasteiger partial charge in [0.2, 0.25) is 10.0 Å². The highest BCUT2D eigenvalue weighted by Crippen LogP contribution is 2.24. The van der Waals surface area contributed by atoms with Crippen LogP contribution in [0.3, 0.4) is 0 Å². The van der Waals surface area contributed by atoms with E-state index in [-0.39, 0.29) is 17.1 Å². The Hall–Kier alpha value is -2.57. The molecule has 1 aromatic heterocycles. The number of ether oxygens (including phenoxy) is 3. The highest BCUT2D eigenvalue weighted by molar-refractivity contribution is 7.89. The van der Waals surface area contributed by atoms with Crippen molar-refractivity contribution in [3.8, 4) is 5.75 Å². The third-order valence-corrected chi connectivity index (χ3v) is 8.62. The van der Waals surface area contributed by atoms with Crippen LogP contribution in [0.1, 0.15) is 24.2 Å². The number of thiazole rings is 1. The van der Waals surface area contributed by atoms with Gasteiger partial charge >= 0.3 is 0 Å². The molecule has 0 aliphatic carbocycles. The molecule has 0 N–H and O–H groups in total. The molecule has 188 valence electrons. The quantitative estimate of drug-likeness (QED) is 0.476. The predicted molar refractivity (Wildman–Crippen MR) is 133 cm³/mol. The number of carbonyl (C=O) groups is 1. The highest BCUT2D eigenvalue weighted by Gasteiger charge is 2.32. The molecule has 3 aromatic rings. The first-order valence-electron chi connectivity index (χ1n) is 11.2. The Morgan fingerprint density at radius 3 is 2.43 bits per heavy atom. The number of hydrogen-bond donors (Lipinski definition) is 0. The lowest BCUT2D eigenvalue weighted by atomic mass is 10.2. The number of nitrogens with zero attached hydrogens (tertiary/aromatic N) is 3. The molecular formula is C24H29N3O6S2. The lowest BCUT2D eigenvalue weighted by Crippen LogP contribution is -2.48. The van der Waals surface area contributed by atoms with E-state index in [1.165, 1.54) is 39.9 Å². The van der Waals surface area contributed by atoms with Crippen molar-refractivity contribution < 1.29 is 27.4 Å². The van der Waals surface area contributed by atoms with Gasteiger partial charge in [0.15, 0.2) is 4.80 Å². The van der Waals surface area contributed by atoms with E-state index in [1.54, 1.807) is 14.2 Å². The molecular weight excluding hydrogens is 490 g/mol. The molecule has 1 aliphatic heterocycles. The van der Waals surface area contributed by atoms with E-state index in [9.17, 15) is 13.2 Å². The number of carbonyl (C=O) groups excluding carboxylic acids is 1. The van der Waals surface area contributed by atoms with E-state index in [4.69, 9.17) is 14.2 Å². The van der Waals surface area contributed by atoms with Crippen molar-refractivity contribution >= 4 is 37.5 Å². The molecule has 1 fully saturated rings. The third-order valence-electron chi connectivity index (χ3n) is 5.73. The van der Waals surface area contributed by atoms with Gasteiger partial charge in [0.25, 0.3) is 5.91 Å². The van der Waals surface area contributed by atoms with E-state index >= 15 is 0 Å². The second-order valence-electron chi connectivity index (χ2n) is 8.38. The summed E-state index contributed by atoms with van der Waals surface area (Å²) in [5.41, 5.74) is 1.23. The van der Waals surface area contributed by atoms with Crippen LogP contribution in [0.15, 0.2) is 52.4 Å². The summed E-state index contributed by atoms with van der Waals surface area (Å²) in [6.07, 6.45) is -0.362. The lowest BCUT2D eigenvalue weighted by molar-refractivity contribution is -0.0440. The van der Waals surface area contributed by atoms with Crippen LogP contribution in [-0.4, -0.2) is 69.3 Å². The van der Waals surface area contributed by atoms with Gasteiger partial charge in [-0.05, 0) is 56.3 Å². The van der Waals surface area contributed by atoms with Gasteiger partial charge in [-0.25, -0.2) is 8.42 Å². The molecule has 0 bridgehead atoms. The van der Waals surface area contributed by atoms with Gasteiger partial charge in [-0.15, -0.1) is 0 Å². The Morgan fingerprint density at radius 2 is 1.80 bits per heavy atom. The molecule has 0 spiro atoms. The molecule has 4 rings (SSSR count). The van der Waals surface area contributed by atoms with Crippen LogP contribution in [0.25, 0.3) is 10.2 Å². The summed E-state index contributed by atoms with van der Waals surface area (Å²) in [6, 6.07) is 11.6. The van der Waals surface area contributed by atoms with E-state index < -0.39 is 15.9 Å². The zero-order valence-corrected chi connectivity index (χ0v) is 21.8. The summed E-state index contributed by atoms with van der Waals surface area (Å²) in [5, 5.41) is 0. The molecule has 35 heavy (non-hydrogen) atoms. The fraction of sp³-hybridized carbons (Fsp3) is 0.417. The molecule has 9 nitrogen and oxygen atoms in total. The number of rotatable bonds is 7. The van der Waals surface area contributed by atoms with Crippen LogP contribution in [0.4, 0.5) is 0 Å². The molecule has 2 heterocycles. The summed E-state index contributed by atoms with van der Waals surface area (Å²) >= 11 is 1.38. The molecule has 0 radical (unpaired) electrons. The van der Waals surface area contributed by atoms with Gasteiger partial charge in [-0.1, -0.05) is 11.3 Å². The van der Waals surface area contributed by atoms with Crippen molar-refractivity contribution in [2.45, 2.75) is 37.5 Å². The van der Waals surface area contributed by atoms with Gasteiger partial charge < -0.3 is 18.8 Å². The molecule has 1 amide bonds. The molecule has 2 aromatic carbocycles. The zero-order chi connectivity index (χ0) is 25.2. The van der Waals surface area contributed by atoms with Crippen LogP contribution < -0.4 is 9.54 Å². The van der Waals surface area contributed by atoms with Crippen LogP contribution in [0, 0.1) is 0 Å². The number of fused-ring (bicyclic) bond motifs is 1. The predicted octanol–water partition coefficient (Wildman–Crippen LogP) is 2.90. The van der Waals surface area contributed by atoms with Gasteiger partial charge in [0, 0.05) is 32.3 Å². The van der Waals surface area contributed by atoms with E-state index in [0.717, 1.165) is 16.0 Å². The minimum Gasteiger partial charge on any atom is -0.497 e. The van der Waals surface area contributed by atoms with Crippen molar-refractivity contribution in [1.29, 1.82) is 0 Å². The first-order valence-corrected chi connectivity index (χ1v) is 13.5. The maximum absolute atomic E-state index is 13.1. The number of aromatic nitrogens is 1. The number of methoxy groups -OCH3 is 2. The summed E-state index contributed by atoms with van der Waals surface area (Å²) in [7, 11) is -0.464. The second-order valence-corrected chi connectivity index (χ2v) is 11.3. The van der Waals surface area contributed by atoms with Crippen LogP contribution in [0.5, 0.6) is 5.75 Å². The van der Waals surface area contributed by atoms with Gasteiger partial charge in [-0.3, -0.25) is 4.79 Å². The maximum Gasteiger partial charge on any atom is 0.279 e. The Kier molecular flexibility index (Phi) is 7.72. The summed E-state index contributed by atoms with van der Waals surface area (Å²) in [4.78, 5) is 18.0. The average molecular weight is 520 g/mol. The van der Waals surface area contributed by atoms with E-state index in [1.807, 2.05) is 36.6 Å². The minimum atomic E-state index is -3.69. The van der Waals surface area contributed by atoms with Gasteiger partial charge in [0.05, 0.1) is 41.0 Å². The van der Waals surface area contributed by atoms with E-state index in [2.05, 4.69) is 4.99 Å². The number of amides is 1. The normalized spacial score (nSPS) is 19.8. The van der Waals surface area contributed by atoms with E-state index in [0.29, 0.717) is 36.6 Å². The highest BCUT2D eigenvalue weighted by atomic mass is 32.2. The molecule has 0 saturated carbocycles. The topological polar surface area (TPSA) is 99.4 Å². The standard InChI is InChI=1S/C24H29N3O6S2/c1-16-14-26(15-17(2)33-16)35(29,30)20-8-5-18(6-9-20)23(28)25-24-27(11-12-31-3)21-10-7-19(32-4)13-22(21)34-24/h5-10,13,16-17H,11-12,14-15H2,1-4H3/t16-,17-/m1/s1. The molecule has 1 saturated heterocycles. The van der Waals surface area contributed by atoms with Crippen LogP contribution >= 0.6 is 11.3 Å². The van der Waals surface area contributed by atoms with Crippen molar-refractivity contribution in [2.75, 3.05) is 33.9 Å². The average Bonchev–Trinajstić information content (AvgIpc) is 3.17. The number of morpholine rings is 1. The smallest absolute Gasteiger partial charge is 0.279 e. The number of benzene rings is 2. The fourth-order valence-corrected chi connectivity index (χ4v) is 6.73. The Bertz CT molecular complexity index is 1370. The number of sulfonamides is 1. The van der Waals surface area contributed by atoms with Gasteiger partial charge in [0.1, 0.15) is 5.75 Å².